The molecule has 0 aromatic heterocycles. The molecule has 108 valence electrons. The Hall–Kier alpha value is -0.860. The molecule has 1 aromatic carbocycles. The van der Waals surface area contributed by atoms with E-state index in [1.807, 2.05) is 0 Å². The Morgan fingerprint density at radius 1 is 1.16 bits per heavy atom. The van der Waals surface area contributed by atoms with E-state index in [0.29, 0.717) is 12.1 Å². The van der Waals surface area contributed by atoms with E-state index in [1.54, 1.807) is 0 Å². The third-order valence-electron chi connectivity index (χ3n) is 3.82. The fraction of sp³-hybridized carbons (Fsp3) is 0.647. The van der Waals surface area contributed by atoms with Gasteiger partial charge in [-0.15, -0.1) is 0 Å². The van der Waals surface area contributed by atoms with Gasteiger partial charge in [0.05, 0.1) is 0 Å². The molecule has 0 amide bonds. The molecular weight excluding hydrogens is 232 g/mol. The predicted octanol–water partition coefficient (Wildman–Crippen LogP) is 3.33. The second-order valence-corrected chi connectivity index (χ2v) is 5.68. The van der Waals surface area contributed by atoms with Crippen LogP contribution in [0.25, 0.3) is 0 Å². The first kappa shape index (κ1) is 16.2. The van der Waals surface area contributed by atoms with Gasteiger partial charge in [-0.3, -0.25) is 0 Å². The second kappa shape index (κ2) is 9.11. The average molecular weight is 262 g/mol. The fourth-order valence-corrected chi connectivity index (χ4v) is 2.15. The Labute approximate surface area is 119 Å². The molecular formula is C17H30N2. The summed E-state index contributed by atoms with van der Waals surface area (Å²) in [7, 11) is 2.20. The zero-order chi connectivity index (χ0) is 14.1. The zero-order valence-electron chi connectivity index (χ0n) is 13.0. The number of benzene rings is 1. The number of rotatable bonds is 9. The summed E-state index contributed by atoms with van der Waals surface area (Å²) in [4.78, 5) is 2.40. The molecule has 2 nitrogen and oxygen atoms in total. The largest absolute Gasteiger partial charge is 0.314 e. The van der Waals surface area contributed by atoms with E-state index in [-0.39, 0.29) is 0 Å². The van der Waals surface area contributed by atoms with Crippen molar-refractivity contribution >= 4 is 0 Å². The zero-order valence-corrected chi connectivity index (χ0v) is 13.0. The molecule has 1 atom stereocenters. The van der Waals surface area contributed by atoms with Crippen LogP contribution in [0.5, 0.6) is 0 Å². The standard InChI is InChI=1S/C17H30N2/c1-5-17(14-16-10-7-6-8-11-16)18-12-9-13-19(4)15(2)3/h6-8,10-11,15,17-18H,5,9,12-14H2,1-4H3. The summed E-state index contributed by atoms with van der Waals surface area (Å²) in [5.41, 5.74) is 1.43. The van der Waals surface area contributed by atoms with E-state index in [1.165, 1.54) is 24.9 Å². The Bertz CT molecular complexity index is 321. The van der Waals surface area contributed by atoms with Crippen LogP contribution in [0, 0.1) is 0 Å². The van der Waals surface area contributed by atoms with Gasteiger partial charge in [-0.25, -0.2) is 0 Å². The third-order valence-corrected chi connectivity index (χ3v) is 3.82. The van der Waals surface area contributed by atoms with E-state index in [4.69, 9.17) is 0 Å². The van der Waals surface area contributed by atoms with Crippen LogP contribution in [0.2, 0.25) is 0 Å². The van der Waals surface area contributed by atoms with E-state index < -0.39 is 0 Å². The van der Waals surface area contributed by atoms with E-state index in [0.717, 1.165) is 13.0 Å². The van der Waals surface area contributed by atoms with Crippen molar-refractivity contribution in [1.29, 1.82) is 0 Å². The molecule has 0 aliphatic carbocycles. The van der Waals surface area contributed by atoms with Gasteiger partial charge in [0.2, 0.25) is 0 Å². The number of nitrogens with one attached hydrogen (secondary N) is 1. The molecule has 0 aliphatic heterocycles. The molecule has 0 fully saturated rings. The minimum atomic E-state index is 0.603. The molecule has 2 heteroatoms. The molecule has 1 rings (SSSR count). The van der Waals surface area contributed by atoms with Gasteiger partial charge in [0, 0.05) is 12.1 Å². The molecule has 0 heterocycles. The molecule has 0 aliphatic rings. The monoisotopic (exact) mass is 262 g/mol. The highest BCUT2D eigenvalue weighted by atomic mass is 15.1. The highest BCUT2D eigenvalue weighted by molar-refractivity contribution is 5.15. The lowest BCUT2D eigenvalue weighted by Gasteiger charge is -2.22. The SMILES string of the molecule is CCC(Cc1ccccc1)NCCCN(C)C(C)C. The summed E-state index contributed by atoms with van der Waals surface area (Å²) < 4.78 is 0. The van der Waals surface area contributed by atoms with Crippen molar-refractivity contribution in [3.05, 3.63) is 35.9 Å². The Morgan fingerprint density at radius 3 is 2.42 bits per heavy atom. The lowest BCUT2D eigenvalue weighted by molar-refractivity contribution is 0.267. The molecule has 1 aromatic rings. The van der Waals surface area contributed by atoms with Crippen molar-refractivity contribution in [2.75, 3.05) is 20.1 Å². The highest BCUT2D eigenvalue weighted by Crippen LogP contribution is 2.05. The normalized spacial score (nSPS) is 13.2. The minimum Gasteiger partial charge on any atom is -0.314 e. The average Bonchev–Trinajstić information content (AvgIpc) is 2.42. The van der Waals surface area contributed by atoms with E-state index in [2.05, 4.69) is 68.4 Å². The van der Waals surface area contributed by atoms with Crippen molar-refractivity contribution in [3.63, 3.8) is 0 Å². The van der Waals surface area contributed by atoms with Crippen LogP contribution < -0.4 is 5.32 Å². The van der Waals surface area contributed by atoms with Crippen molar-refractivity contribution < 1.29 is 0 Å². The summed E-state index contributed by atoms with van der Waals surface area (Å²) in [6.07, 6.45) is 3.55. The van der Waals surface area contributed by atoms with Crippen LogP contribution in [0.15, 0.2) is 30.3 Å². The summed E-state index contributed by atoms with van der Waals surface area (Å²) in [5.74, 6) is 0. The van der Waals surface area contributed by atoms with Gasteiger partial charge in [-0.05, 0) is 58.8 Å². The summed E-state index contributed by atoms with van der Waals surface area (Å²) in [5, 5.41) is 3.69. The van der Waals surface area contributed by atoms with Crippen molar-refractivity contribution in [3.8, 4) is 0 Å². The summed E-state index contributed by atoms with van der Waals surface area (Å²) in [6, 6.07) is 12.0. The Morgan fingerprint density at radius 2 is 1.84 bits per heavy atom. The summed E-state index contributed by atoms with van der Waals surface area (Å²) in [6.45, 7) is 9.05. The maximum atomic E-state index is 3.69. The van der Waals surface area contributed by atoms with Gasteiger partial charge in [0.25, 0.3) is 0 Å². The van der Waals surface area contributed by atoms with Crippen LogP contribution >= 0.6 is 0 Å². The highest BCUT2D eigenvalue weighted by Gasteiger charge is 2.07. The number of nitrogens with zero attached hydrogens (tertiary/aromatic N) is 1. The lowest BCUT2D eigenvalue weighted by Crippen LogP contribution is -2.34. The van der Waals surface area contributed by atoms with Crippen molar-refractivity contribution in [2.45, 2.75) is 52.1 Å². The van der Waals surface area contributed by atoms with Crippen LogP contribution in [-0.4, -0.2) is 37.1 Å². The quantitative estimate of drug-likeness (QED) is 0.687. The van der Waals surface area contributed by atoms with Gasteiger partial charge < -0.3 is 10.2 Å². The predicted molar refractivity (Wildman–Crippen MR) is 84.6 cm³/mol. The second-order valence-electron chi connectivity index (χ2n) is 5.68. The van der Waals surface area contributed by atoms with Crippen molar-refractivity contribution in [2.24, 2.45) is 0 Å². The van der Waals surface area contributed by atoms with Crippen LogP contribution in [0.3, 0.4) is 0 Å². The van der Waals surface area contributed by atoms with Gasteiger partial charge in [-0.2, -0.15) is 0 Å². The topological polar surface area (TPSA) is 15.3 Å². The first-order valence-electron chi connectivity index (χ1n) is 7.61. The fourth-order valence-electron chi connectivity index (χ4n) is 2.15. The third kappa shape index (κ3) is 6.74. The molecule has 0 bridgehead atoms. The minimum absolute atomic E-state index is 0.603. The lowest BCUT2D eigenvalue weighted by atomic mass is 10.0. The first-order chi connectivity index (χ1) is 9.13. The molecule has 1 N–H and O–H groups in total. The maximum absolute atomic E-state index is 3.69. The molecule has 1 unspecified atom stereocenters. The molecule has 0 saturated carbocycles. The summed E-state index contributed by atoms with van der Waals surface area (Å²) >= 11 is 0. The van der Waals surface area contributed by atoms with Crippen LogP contribution in [0.4, 0.5) is 0 Å². The van der Waals surface area contributed by atoms with Gasteiger partial charge in [0.1, 0.15) is 0 Å². The number of hydrogen-bond acceptors (Lipinski definition) is 2. The Kier molecular flexibility index (Phi) is 7.76. The molecule has 0 radical (unpaired) electrons. The first-order valence-corrected chi connectivity index (χ1v) is 7.61. The van der Waals surface area contributed by atoms with E-state index in [9.17, 15) is 0 Å². The molecule has 0 spiro atoms. The van der Waals surface area contributed by atoms with Crippen LogP contribution in [0.1, 0.15) is 39.2 Å². The Balaban J connectivity index is 2.22. The molecule has 0 saturated heterocycles. The number of hydrogen-bond donors (Lipinski definition) is 1. The van der Waals surface area contributed by atoms with Crippen LogP contribution in [-0.2, 0) is 6.42 Å². The van der Waals surface area contributed by atoms with Crippen molar-refractivity contribution in [1.82, 2.24) is 10.2 Å². The maximum Gasteiger partial charge on any atom is 0.0105 e. The molecule has 19 heavy (non-hydrogen) atoms. The smallest absolute Gasteiger partial charge is 0.0105 e. The van der Waals surface area contributed by atoms with E-state index >= 15 is 0 Å². The van der Waals surface area contributed by atoms with Gasteiger partial charge in [0.15, 0.2) is 0 Å². The van der Waals surface area contributed by atoms with Gasteiger partial charge >= 0.3 is 0 Å². The van der Waals surface area contributed by atoms with Gasteiger partial charge in [-0.1, -0.05) is 37.3 Å².